The highest BCUT2D eigenvalue weighted by atomic mass is 16.6. The van der Waals surface area contributed by atoms with Crippen LogP contribution in [0.2, 0.25) is 0 Å². The molecule has 142 valence electrons. The van der Waals surface area contributed by atoms with Crippen molar-refractivity contribution >= 4 is 17.9 Å². The standard InChI is InChI=1S/C19H24O7/c1-11-18-16(25-13(3)22)7-14(9-20)5-4-6-15(10-24-12(2)21)8-17(18)26-19(11)23/h5,8,16-18,20H,1,4,6-7,9-10H2,2-3H3/b14-5-,15-8-/t16-,17+,18+/m0/s1. The molecule has 7 nitrogen and oxygen atoms in total. The molecule has 0 unspecified atom stereocenters. The molecule has 3 atom stereocenters. The maximum atomic E-state index is 12.1. The summed E-state index contributed by atoms with van der Waals surface area (Å²) in [5.74, 6) is -2.00. The molecule has 2 aliphatic rings. The first-order chi connectivity index (χ1) is 12.3. The Hall–Kier alpha value is -2.41. The Balaban J connectivity index is 2.39. The number of carbonyl (C=O) groups excluding carboxylic acids is 3. The smallest absolute Gasteiger partial charge is 0.334 e. The van der Waals surface area contributed by atoms with Crippen LogP contribution < -0.4 is 0 Å². The highest BCUT2D eigenvalue weighted by molar-refractivity contribution is 5.91. The average Bonchev–Trinajstić information content (AvgIpc) is 2.84. The van der Waals surface area contributed by atoms with Crippen molar-refractivity contribution < 1.29 is 33.7 Å². The van der Waals surface area contributed by atoms with Crippen molar-refractivity contribution in [2.24, 2.45) is 5.92 Å². The highest BCUT2D eigenvalue weighted by Gasteiger charge is 2.44. The minimum Gasteiger partial charge on any atom is -0.461 e. The Morgan fingerprint density at radius 1 is 1.31 bits per heavy atom. The summed E-state index contributed by atoms with van der Waals surface area (Å²) in [7, 11) is 0. The fourth-order valence-corrected chi connectivity index (χ4v) is 3.20. The Kier molecular flexibility index (Phi) is 6.74. The molecular formula is C19H24O7. The average molecular weight is 364 g/mol. The van der Waals surface area contributed by atoms with E-state index in [0.29, 0.717) is 24.8 Å². The summed E-state index contributed by atoms with van der Waals surface area (Å²) in [5, 5.41) is 9.61. The van der Waals surface area contributed by atoms with E-state index in [9.17, 15) is 19.5 Å². The van der Waals surface area contributed by atoms with Gasteiger partial charge in [-0.15, -0.1) is 0 Å². The second-order valence-corrected chi connectivity index (χ2v) is 6.44. The number of aliphatic hydroxyl groups excluding tert-OH is 1. The van der Waals surface area contributed by atoms with E-state index in [1.165, 1.54) is 13.8 Å². The summed E-state index contributed by atoms with van der Waals surface area (Å²) in [4.78, 5) is 34.7. The van der Waals surface area contributed by atoms with Crippen LogP contribution in [0.5, 0.6) is 0 Å². The van der Waals surface area contributed by atoms with Crippen LogP contribution in [0.15, 0.2) is 35.5 Å². The molecule has 0 radical (unpaired) electrons. The third-order valence-corrected chi connectivity index (χ3v) is 4.41. The van der Waals surface area contributed by atoms with Crippen LogP contribution in [0, 0.1) is 5.92 Å². The first kappa shape index (κ1) is 19.9. The van der Waals surface area contributed by atoms with Crippen LogP contribution in [0.3, 0.4) is 0 Å². The zero-order chi connectivity index (χ0) is 19.3. The van der Waals surface area contributed by atoms with Gasteiger partial charge in [-0.05, 0) is 30.1 Å². The quantitative estimate of drug-likeness (QED) is 0.350. The Labute approximate surface area is 152 Å². The van der Waals surface area contributed by atoms with Gasteiger partial charge in [-0.1, -0.05) is 12.7 Å². The fourth-order valence-electron chi connectivity index (χ4n) is 3.20. The van der Waals surface area contributed by atoms with Gasteiger partial charge in [0.1, 0.15) is 18.8 Å². The zero-order valence-corrected chi connectivity index (χ0v) is 15.0. The number of hydrogen-bond donors (Lipinski definition) is 1. The monoisotopic (exact) mass is 364 g/mol. The Bertz CT molecular complexity index is 659. The number of carbonyl (C=O) groups is 3. The summed E-state index contributed by atoms with van der Waals surface area (Å²) >= 11 is 0. The number of allylic oxidation sites excluding steroid dienone is 1. The predicted molar refractivity (Wildman–Crippen MR) is 91.8 cm³/mol. The lowest BCUT2D eigenvalue weighted by molar-refractivity contribution is -0.149. The van der Waals surface area contributed by atoms with Gasteiger partial charge >= 0.3 is 17.9 Å². The maximum Gasteiger partial charge on any atom is 0.334 e. The molecule has 0 aromatic carbocycles. The summed E-state index contributed by atoms with van der Waals surface area (Å²) in [6, 6.07) is 0. The predicted octanol–water partition coefficient (Wildman–Crippen LogP) is 1.61. The van der Waals surface area contributed by atoms with Crippen LogP contribution >= 0.6 is 0 Å². The highest BCUT2D eigenvalue weighted by Crippen LogP contribution is 2.36. The van der Waals surface area contributed by atoms with Gasteiger partial charge in [0.2, 0.25) is 0 Å². The van der Waals surface area contributed by atoms with Crippen LogP contribution in [0.1, 0.15) is 33.1 Å². The molecule has 0 amide bonds. The minimum atomic E-state index is -0.681. The molecule has 26 heavy (non-hydrogen) atoms. The lowest BCUT2D eigenvalue weighted by Crippen LogP contribution is -2.33. The van der Waals surface area contributed by atoms with Crippen LogP contribution in [0.4, 0.5) is 0 Å². The van der Waals surface area contributed by atoms with E-state index in [1.807, 2.05) is 6.08 Å². The molecule has 1 fully saturated rings. The third-order valence-electron chi connectivity index (χ3n) is 4.41. The summed E-state index contributed by atoms with van der Waals surface area (Å²) in [6.07, 6.45) is 3.77. The molecule has 1 aliphatic heterocycles. The summed E-state index contributed by atoms with van der Waals surface area (Å²) < 4.78 is 15.9. The van der Waals surface area contributed by atoms with Gasteiger partial charge in [0.25, 0.3) is 0 Å². The SMILES string of the molecule is C=C1C(=O)O[C@@H]2/C=C(\COC(C)=O)CC/C=C(\CO)C[C@H](OC(C)=O)[C@@H]12. The molecule has 0 aromatic rings. The second-order valence-electron chi connectivity index (χ2n) is 6.44. The minimum absolute atomic E-state index is 0.0864. The molecule has 0 saturated carbocycles. The number of rotatable bonds is 4. The number of esters is 3. The summed E-state index contributed by atoms with van der Waals surface area (Å²) in [5.41, 5.74) is 1.72. The number of hydrogen-bond acceptors (Lipinski definition) is 7. The van der Waals surface area contributed by atoms with Gasteiger partial charge in [0.15, 0.2) is 0 Å². The van der Waals surface area contributed by atoms with E-state index in [-0.39, 0.29) is 18.8 Å². The first-order valence-corrected chi connectivity index (χ1v) is 8.50. The molecule has 1 saturated heterocycles. The number of ether oxygens (including phenoxy) is 3. The Morgan fingerprint density at radius 2 is 2.04 bits per heavy atom. The molecule has 1 N–H and O–H groups in total. The van der Waals surface area contributed by atoms with Gasteiger partial charge in [-0.3, -0.25) is 9.59 Å². The van der Waals surface area contributed by atoms with Gasteiger partial charge in [0, 0.05) is 25.8 Å². The molecule has 2 rings (SSSR count). The van der Waals surface area contributed by atoms with Gasteiger partial charge in [-0.25, -0.2) is 4.79 Å². The normalized spacial score (nSPS) is 30.2. The van der Waals surface area contributed by atoms with Crippen molar-refractivity contribution in [3.05, 3.63) is 35.5 Å². The van der Waals surface area contributed by atoms with E-state index in [1.54, 1.807) is 6.08 Å². The van der Waals surface area contributed by atoms with Gasteiger partial charge in [0.05, 0.1) is 12.5 Å². The molecule has 0 bridgehead atoms. The zero-order valence-electron chi connectivity index (χ0n) is 15.0. The van der Waals surface area contributed by atoms with Crippen LogP contribution in [-0.2, 0) is 28.6 Å². The van der Waals surface area contributed by atoms with E-state index in [0.717, 1.165) is 5.57 Å². The van der Waals surface area contributed by atoms with Crippen LogP contribution in [0.25, 0.3) is 0 Å². The molecule has 0 aromatic heterocycles. The van der Waals surface area contributed by atoms with E-state index < -0.39 is 36.0 Å². The van der Waals surface area contributed by atoms with Gasteiger partial charge < -0.3 is 19.3 Å². The van der Waals surface area contributed by atoms with Crippen molar-refractivity contribution in [1.29, 1.82) is 0 Å². The number of aliphatic hydroxyl groups is 1. The van der Waals surface area contributed by atoms with Crippen molar-refractivity contribution in [1.82, 2.24) is 0 Å². The molecule has 0 spiro atoms. The van der Waals surface area contributed by atoms with Crippen molar-refractivity contribution in [3.8, 4) is 0 Å². The van der Waals surface area contributed by atoms with Crippen LogP contribution in [-0.4, -0.2) is 48.4 Å². The van der Waals surface area contributed by atoms with Crippen molar-refractivity contribution in [2.75, 3.05) is 13.2 Å². The lowest BCUT2D eigenvalue weighted by atomic mass is 9.85. The molecular weight excluding hydrogens is 340 g/mol. The summed E-state index contributed by atoms with van der Waals surface area (Å²) in [6.45, 7) is 6.31. The maximum absolute atomic E-state index is 12.1. The molecule has 1 aliphatic carbocycles. The van der Waals surface area contributed by atoms with E-state index in [4.69, 9.17) is 14.2 Å². The van der Waals surface area contributed by atoms with E-state index >= 15 is 0 Å². The van der Waals surface area contributed by atoms with Gasteiger partial charge in [-0.2, -0.15) is 0 Å². The van der Waals surface area contributed by atoms with E-state index in [2.05, 4.69) is 6.58 Å². The largest absolute Gasteiger partial charge is 0.461 e. The first-order valence-electron chi connectivity index (χ1n) is 8.50. The Morgan fingerprint density at radius 3 is 2.65 bits per heavy atom. The van der Waals surface area contributed by atoms with Crippen molar-refractivity contribution in [2.45, 2.75) is 45.3 Å². The molecule has 1 heterocycles. The third kappa shape index (κ3) is 5.05. The van der Waals surface area contributed by atoms with Crippen molar-refractivity contribution in [3.63, 3.8) is 0 Å². The lowest BCUT2D eigenvalue weighted by Gasteiger charge is -2.27. The number of fused-ring (bicyclic) bond motifs is 1. The fraction of sp³-hybridized carbons (Fsp3) is 0.526. The second kappa shape index (κ2) is 8.80. The molecule has 7 heteroatoms. The topological polar surface area (TPSA) is 99.1 Å².